The van der Waals surface area contributed by atoms with Crippen molar-refractivity contribution < 1.29 is 23.5 Å². The number of nitrogens with one attached hydrogen (secondary N) is 2. The first-order chi connectivity index (χ1) is 21.2. The number of carbonyl (C=O) groups is 2. The first kappa shape index (κ1) is 30.1. The molecule has 44 heavy (non-hydrogen) atoms. The molecule has 12 heteroatoms. The fourth-order valence-electron chi connectivity index (χ4n) is 4.98. The highest BCUT2D eigenvalue weighted by atomic mass is 19.1. The van der Waals surface area contributed by atoms with Crippen LogP contribution in [0.3, 0.4) is 0 Å². The number of hydrogen-bond donors (Lipinski definition) is 3. The molecule has 0 aliphatic carbocycles. The van der Waals surface area contributed by atoms with E-state index in [2.05, 4.69) is 10.6 Å². The Hall–Kier alpha value is -5.36. The van der Waals surface area contributed by atoms with Gasteiger partial charge >= 0.3 is 12.0 Å². The van der Waals surface area contributed by atoms with Crippen LogP contribution in [0.2, 0.25) is 0 Å². The van der Waals surface area contributed by atoms with Gasteiger partial charge in [0.1, 0.15) is 17.2 Å². The van der Waals surface area contributed by atoms with Crippen LogP contribution in [0.15, 0.2) is 83.8 Å². The Kier molecular flexibility index (Phi) is 8.81. The molecule has 5 rings (SSSR count). The molecule has 3 aromatic carbocycles. The van der Waals surface area contributed by atoms with E-state index in [0.29, 0.717) is 35.7 Å². The summed E-state index contributed by atoms with van der Waals surface area (Å²) >= 11 is 0. The quantitative estimate of drug-likeness (QED) is 0.208. The molecule has 0 radical (unpaired) electrons. The fourth-order valence-corrected chi connectivity index (χ4v) is 4.98. The van der Waals surface area contributed by atoms with Gasteiger partial charge in [-0.05, 0) is 43.8 Å². The van der Waals surface area contributed by atoms with Crippen LogP contribution in [-0.4, -0.2) is 49.6 Å². The normalized spacial score (nSPS) is 11.2. The van der Waals surface area contributed by atoms with Gasteiger partial charge < -0.3 is 20.3 Å². The maximum absolute atomic E-state index is 14.7. The maximum atomic E-state index is 14.7. The summed E-state index contributed by atoms with van der Waals surface area (Å²) in [4.78, 5) is 44.5. The van der Waals surface area contributed by atoms with E-state index < -0.39 is 35.3 Å². The second-order valence-corrected chi connectivity index (χ2v) is 10.2. The second kappa shape index (κ2) is 12.9. The highest BCUT2D eigenvalue weighted by molar-refractivity contribution is 5.89. The number of carboxylic acids is 1. The zero-order valence-corrected chi connectivity index (χ0v) is 24.1. The van der Waals surface area contributed by atoms with Crippen molar-refractivity contribution in [2.75, 3.05) is 18.9 Å². The minimum absolute atomic E-state index is 0.0188. The molecule has 226 valence electrons. The van der Waals surface area contributed by atoms with E-state index in [9.17, 15) is 28.3 Å². The summed E-state index contributed by atoms with van der Waals surface area (Å²) in [6, 6.07) is 19.5. The van der Waals surface area contributed by atoms with Gasteiger partial charge in [0.25, 0.3) is 5.56 Å². The number of fused-ring (bicyclic) bond motifs is 1. The highest BCUT2D eigenvalue weighted by Crippen LogP contribution is 2.27. The summed E-state index contributed by atoms with van der Waals surface area (Å²) in [7, 11) is 1.85. The van der Waals surface area contributed by atoms with Crippen molar-refractivity contribution in [2.24, 2.45) is 0 Å². The van der Waals surface area contributed by atoms with Gasteiger partial charge in [0.05, 0.1) is 17.9 Å². The summed E-state index contributed by atoms with van der Waals surface area (Å²) in [6.45, 7) is 2.54. The van der Waals surface area contributed by atoms with Crippen LogP contribution in [-0.2, 0) is 19.6 Å². The molecule has 10 nitrogen and oxygen atoms in total. The van der Waals surface area contributed by atoms with Crippen molar-refractivity contribution in [1.29, 1.82) is 0 Å². The standard InChI is InChI=1S/C32H30F2N6O4/c1-3-35-31(44)36-22-14-12-21(13-15-22)28-27(19-38(2)16-20-8-5-4-6-9-20)40-29(41)24(30(42)43)18-39(32(40)37-28)17-23-25(33)10-7-11-26(23)34/h4-15,18H,3,16-17,19H2,1-2H3,(H,42,43)(H2,35,36,44). The lowest BCUT2D eigenvalue weighted by Gasteiger charge is -2.18. The molecular formula is C32H30F2N6O4. The van der Waals surface area contributed by atoms with Crippen molar-refractivity contribution in [2.45, 2.75) is 26.6 Å². The van der Waals surface area contributed by atoms with Crippen LogP contribution in [0.5, 0.6) is 0 Å². The Labute approximate surface area is 251 Å². The number of halogens is 2. The molecular weight excluding hydrogens is 570 g/mol. The number of hydrogen-bond acceptors (Lipinski definition) is 5. The number of rotatable bonds is 10. The van der Waals surface area contributed by atoms with Crippen LogP contribution in [0.1, 0.15) is 34.1 Å². The van der Waals surface area contributed by atoms with Crippen LogP contribution in [0.25, 0.3) is 17.0 Å². The number of anilines is 1. The minimum atomic E-state index is -1.49. The number of amides is 2. The number of aromatic nitrogens is 3. The van der Waals surface area contributed by atoms with Gasteiger partial charge in [-0.15, -0.1) is 0 Å². The van der Waals surface area contributed by atoms with Gasteiger partial charge in [0, 0.05) is 42.6 Å². The molecule has 0 saturated carbocycles. The summed E-state index contributed by atoms with van der Waals surface area (Å²) in [5.41, 5.74) is 1.18. The van der Waals surface area contributed by atoms with E-state index in [0.717, 1.165) is 23.9 Å². The topological polar surface area (TPSA) is 121 Å². The van der Waals surface area contributed by atoms with E-state index in [4.69, 9.17) is 4.98 Å². The average Bonchev–Trinajstić information content (AvgIpc) is 3.36. The van der Waals surface area contributed by atoms with E-state index in [1.54, 1.807) is 31.2 Å². The smallest absolute Gasteiger partial charge is 0.342 e. The third-order valence-corrected chi connectivity index (χ3v) is 7.02. The summed E-state index contributed by atoms with van der Waals surface area (Å²) in [6.07, 6.45) is 1.06. The van der Waals surface area contributed by atoms with Crippen molar-refractivity contribution in [3.05, 3.63) is 123 Å². The fraction of sp³-hybridized carbons (Fsp3) is 0.188. The minimum Gasteiger partial charge on any atom is -0.477 e. The Bertz CT molecular complexity index is 1870. The first-order valence-electron chi connectivity index (χ1n) is 13.8. The largest absolute Gasteiger partial charge is 0.477 e. The lowest BCUT2D eigenvalue weighted by atomic mass is 10.1. The third-order valence-electron chi connectivity index (χ3n) is 7.02. The molecule has 2 amide bonds. The molecule has 0 unspecified atom stereocenters. The van der Waals surface area contributed by atoms with Crippen LogP contribution in [0, 0.1) is 11.6 Å². The van der Waals surface area contributed by atoms with Crippen LogP contribution < -0.4 is 16.2 Å². The van der Waals surface area contributed by atoms with Gasteiger partial charge in [-0.25, -0.2) is 27.8 Å². The molecule has 2 aromatic heterocycles. The lowest BCUT2D eigenvalue weighted by Crippen LogP contribution is -2.28. The van der Waals surface area contributed by atoms with Crippen molar-refractivity contribution in [3.8, 4) is 11.3 Å². The summed E-state index contributed by atoms with van der Waals surface area (Å²) in [5.74, 6) is -3.10. The number of carbonyl (C=O) groups excluding carboxylic acids is 1. The first-order valence-corrected chi connectivity index (χ1v) is 13.8. The number of aromatic carboxylic acids is 1. The molecule has 2 heterocycles. The van der Waals surface area contributed by atoms with Crippen molar-refractivity contribution in [3.63, 3.8) is 0 Å². The Balaban J connectivity index is 1.68. The number of benzene rings is 3. The predicted octanol–water partition coefficient (Wildman–Crippen LogP) is 4.96. The number of nitrogens with zero attached hydrogens (tertiary/aromatic N) is 4. The summed E-state index contributed by atoms with van der Waals surface area (Å²) < 4.78 is 31.8. The van der Waals surface area contributed by atoms with Crippen LogP contribution in [0.4, 0.5) is 19.3 Å². The maximum Gasteiger partial charge on any atom is 0.342 e. The van der Waals surface area contributed by atoms with Crippen molar-refractivity contribution in [1.82, 2.24) is 24.2 Å². The molecule has 0 atom stereocenters. The second-order valence-electron chi connectivity index (χ2n) is 10.2. The highest BCUT2D eigenvalue weighted by Gasteiger charge is 2.24. The van der Waals surface area contributed by atoms with Gasteiger partial charge in [-0.2, -0.15) is 0 Å². The van der Waals surface area contributed by atoms with E-state index >= 15 is 0 Å². The van der Waals surface area contributed by atoms with Gasteiger partial charge in [0.15, 0.2) is 0 Å². The average molecular weight is 601 g/mol. The SMILES string of the molecule is CCNC(=O)Nc1ccc(-c2nc3n(Cc4c(F)cccc4F)cc(C(=O)O)c(=O)n3c2CN(C)Cc2ccccc2)cc1. The molecule has 0 spiro atoms. The summed E-state index contributed by atoms with van der Waals surface area (Å²) in [5, 5.41) is 15.3. The van der Waals surface area contributed by atoms with Gasteiger partial charge in [-0.1, -0.05) is 48.5 Å². The van der Waals surface area contributed by atoms with Gasteiger partial charge in [0.2, 0.25) is 5.78 Å². The van der Waals surface area contributed by atoms with E-state index in [1.807, 2.05) is 42.3 Å². The zero-order chi connectivity index (χ0) is 31.4. The number of carboxylic acid groups (broad SMARTS) is 1. The monoisotopic (exact) mass is 600 g/mol. The van der Waals surface area contributed by atoms with Gasteiger partial charge in [-0.3, -0.25) is 9.69 Å². The van der Waals surface area contributed by atoms with Crippen LogP contribution >= 0.6 is 0 Å². The molecule has 0 fully saturated rings. The molecule has 0 bridgehead atoms. The Morgan fingerprint density at radius 2 is 1.64 bits per heavy atom. The van der Waals surface area contributed by atoms with Crippen molar-refractivity contribution >= 4 is 23.5 Å². The molecule has 3 N–H and O–H groups in total. The number of urea groups is 1. The molecule has 0 aliphatic heterocycles. The number of imidazole rings is 1. The Morgan fingerprint density at radius 1 is 0.955 bits per heavy atom. The molecule has 0 aliphatic rings. The van der Waals surface area contributed by atoms with E-state index in [-0.39, 0.29) is 23.9 Å². The Morgan fingerprint density at radius 3 is 2.27 bits per heavy atom. The predicted molar refractivity (Wildman–Crippen MR) is 162 cm³/mol. The molecule has 5 aromatic rings. The third kappa shape index (κ3) is 6.35. The van der Waals surface area contributed by atoms with E-state index in [1.165, 1.54) is 15.0 Å². The lowest BCUT2D eigenvalue weighted by molar-refractivity contribution is 0.0693. The zero-order valence-electron chi connectivity index (χ0n) is 24.1. The molecule has 0 saturated heterocycles.